The summed E-state index contributed by atoms with van der Waals surface area (Å²) in [6, 6.07) is 0. The highest BCUT2D eigenvalue weighted by atomic mass is 31.2. The van der Waals surface area contributed by atoms with Crippen LogP contribution in [0.25, 0.3) is 0 Å². The Kier molecular flexibility index (Phi) is 6.23. The van der Waals surface area contributed by atoms with Crippen molar-refractivity contribution in [3.05, 3.63) is 0 Å². The summed E-state index contributed by atoms with van der Waals surface area (Å²) in [5.74, 6) is -0.394. The first-order valence-electron chi connectivity index (χ1n) is 5.42. The quantitative estimate of drug-likeness (QED) is 0.411. The van der Waals surface area contributed by atoms with Crippen LogP contribution in [0, 0.1) is 0 Å². The zero-order chi connectivity index (χ0) is 12.8. The van der Waals surface area contributed by atoms with E-state index in [9.17, 15) is 9.36 Å². The summed E-state index contributed by atoms with van der Waals surface area (Å²) in [5, 5.41) is -1.17. The molecule has 6 heteroatoms. The van der Waals surface area contributed by atoms with Crippen molar-refractivity contribution in [2.24, 2.45) is 0 Å². The summed E-state index contributed by atoms with van der Waals surface area (Å²) in [6.45, 7) is 5.27. The van der Waals surface area contributed by atoms with Gasteiger partial charge in [0.15, 0.2) is 0 Å². The van der Waals surface area contributed by atoms with Gasteiger partial charge in [-0.05, 0) is 26.7 Å². The number of unbranched alkanes of at least 4 members (excludes halogenated alkanes) is 1. The van der Waals surface area contributed by atoms with Crippen molar-refractivity contribution in [2.75, 3.05) is 6.61 Å². The van der Waals surface area contributed by atoms with Crippen LogP contribution in [0.1, 0.15) is 46.5 Å². The maximum atomic E-state index is 11.2. The zero-order valence-corrected chi connectivity index (χ0v) is 11.0. The van der Waals surface area contributed by atoms with E-state index in [1.165, 1.54) is 13.8 Å². The lowest BCUT2D eigenvalue weighted by Gasteiger charge is -2.24. The molecule has 0 bridgehead atoms. The molecule has 96 valence electrons. The fourth-order valence-corrected chi connectivity index (χ4v) is 1.36. The van der Waals surface area contributed by atoms with Gasteiger partial charge in [-0.1, -0.05) is 13.3 Å². The maximum absolute atomic E-state index is 11.2. The molecule has 16 heavy (non-hydrogen) atoms. The number of ether oxygens (including phenoxy) is 1. The van der Waals surface area contributed by atoms with Gasteiger partial charge in [-0.25, -0.2) is 0 Å². The molecule has 0 saturated carbocycles. The Morgan fingerprint density at radius 1 is 1.38 bits per heavy atom. The molecule has 0 aliphatic rings. The molecule has 0 aromatic carbocycles. The summed E-state index contributed by atoms with van der Waals surface area (Å²) >= 11 is 0. The molecule has 0 aromatic heterocycles. The van der Waals surface area contributed by atoms with Crippen LogP contribution in [0.15, 0.2) is 0 Å². The first-order valence-corrected chi connectivity index (χ1v) is 7.03. The zero-order valence-electron chi connectivity index (χ0n) is 10.1. The predicted octanol–water partition coefficient (Wildman–Crippen LogP) is 2.07. The molecule has 5 nitrogen and oxygen atoms in total. The van der Waals surface area contributed by atoms with E-state index in [-0.39, 0.29) is 12.8 Å². The van der Waals surface area contributed by atoms with Crippen LogP contribution < -0.4 is 0 Å². The van der Waals surface area contributed by atoms with Gasteiger partial charge in [-0.2, -0.15) is 0 Å². The molecule has 0 radical (unpaired) electrons. The molecule has 0 aromatic rings. The van der Waals surface area contributed by atoms with E-state index < -0.39 is 18.7 Å². The van der Waals surface area contributed by atoms with E-state index in [2.05, 4.69) is 0 Å². The van der Waals surface area contributed by atoms with Gasteiger partial charge < -0.3 is 14.5 Å². The Morgan fingerprint density at radius 2 is 1.94 bits per heavy atom. The molecule has 0 amide bonds. The molecule has 0 saturated heterocycles. The standard InChI is InChI=1S/C10H21O5P/c1-4-5-8-15-9(11)6-7-10(2,3)16(12,13)14/h4-8H2,1-3H3,(H2,12,13,14). The summed E-state index contributed by atoms with van der Waals surface area (Å²) in [7, 11) is -4.16. The van der Waals surface area contributed by atoms with Gasteiger partial charge in [0.2, 0.25) is 0 Å². The van der Waals surface area contributed by atoms with Crippen molar-refractivity contribution in [3.63, 3.8) is 0 Å². The van der Waals surface area contributed by atoms with E-state index in [4.69, 9.17) is 14.5 Å². The first-order chi connectivity index (χ1) is 7.20. The molecule has 0 fully saturated rings. The van der Waals surface area contributed by atoms with Gasteiger partial charge in [0.25, 0.3) is 0 Å². The number of esters is 1. The van der Waals surface area contributed by atoms with Crippen LogP contribution in [-0.2, 0) is 14.1 Å². The van der Waals surface area contributed by atoms with Gasteiger partial charge in [0.1, 0.15) is 0 Å². The van der Waals surface area contributed by atoms with E-state index >= 15 is 0 Å². The monoisotopic (exact) mass is 252 g/mol. The Bertz CT molecular complexity index is 268. The van der Waals surface area contributed by atoms with Crippen molar-refractivity contribution >= 4 is 13.6 Å². The normalized spacial score (nSPS) is 12.6. The molecule has 2 N–H and O–H groups in total. The highest BCUT2D eigenvalue weighted by molar-refractivity contribution is 7.53. The van der Waals surface area contributed by atoms with E-state index in [0.717, 1.165) is 12.8 Å². The van der Waals surface area contributed by atoms with Gasteiger partial charge in [-0.3, -0.25) is 9.36 Å². The van der Waals surface area contributed by atoms with Gasteiger partial charge in [0, 0.05) is 6.42 Å². The Hall–Kier alpha value is -0.380. The fraction of sp³-hybridized carbons (Fsp3) is 0.900. The van der Waals surface area contributed by atoms with Crippen LogP contribution in [-0.4, -0.2) is 27.5 Å². The highest BCUT2D eigenvalue weighted by Crippen LogP contribution is 2.52. The summed E-state index contributed by atoms with van der Waals surface area (Å²) in [4.78, 5) is 29.3. The van der Waals surface area contributed by atoms with Crippen molar-refractivity contribution in [3.8, 4) is 0 Å². The molecule has 0 atom stereocenters. The minimum Gasteiger partial charge on any atom is -0.466 e. The average Bonchev–Trinajstić information content (AvgIpc) is 2.13. The number of hydrogen-bond donors (Lipinski definition) is 2. The Morgan fingerprint density at radius 3 is 2.38 bits per heavy atom. The number of hydrogen-bond acceptors (Lipinski definition) is 3. The third kappa shape index (κ3) is 5.64. The lowest BCUT2D eigenvalue weighted by molar-refractivity contribution is -0.144. The number of carbonyl (C=O) groups is 1. The topological polar surface area (TPSA) is 83.8 Å². The molecule has 0 aliphatic heterocycles. The van der Waals surface area contributed by atoms with Crippen molar-refractivity contribution in [1.29, 1.82) is 0 Å². The lowest BCUT2D eigenvalue weighted by atomic mass is 10.1. The van der Waals surface area contributed by atoms with E-state index in [1.807, 2.05) is 6.92 Å². The van der Waals surface area contributed by atoms with Crippen LogP contribution >= 0.6 is 7.60 Å². The SMILES string of the molecule is CCCCOC(=O)CCC(C)(C)P(=O)(O)O. The molecule has 0 heterocycles. The fourth-order valence-electron chi connectivity index (χ4n) is 0.956. The Labute approximate surface area is 96.4 Å². The first kappa shape index (κ1) is 15.6. The molecule has 0 aliphatic carbocycles. The summed E-state index contributed by atoms with van der Waals surface area (Å²) in [5.41, 5.74) is 0. The summed E-state index contributed by atoms with van der Waals surface area (Å²) in [6.07, 6.45) is 1.93. The molecule has 0 unspecified atom stereocenters. The lowest BCUT2D eigenvalue weighted by Crippen LogP contribution is -2.22. The van der Waals surface area contributed by atoms with Crippen molar-refractivity contribution in [1.82, 2.24) is 0 Å². The van der Waals surface area contributed by atoms with Crippen LogP contribution in [0.3, 0.4) is 0 Å². The highest BCUT2D eigenvalue weighted by Gasteiger charge is 2.37. The van der Waals surface area contributed by atoms with Crippen molar-refractivity contribution < 1.29 is 23.9 Å². The third-order valence-electron chi connectivity index (χ3n) is 2.49. The minimum atomic E-state index is -4.16. The number of carbonyl (C=O) groups excluding carboxylic acids is 1. The van der Waals surface area contributed by atoms with Gasteiger partial charge in [0.05, 0.1) is 11.8 Å². The van der Waals surface area contributed by atoms with Gasteiger partial charge >= 0.3 is 13.6 Å². The summed E-state index contributed by atoms with van der Waals surface area (Å²) < 4.78 is 16.0. The average molecular weight is 252 g/mol. The van der Waals surface area contributed by atoms with Crippen LogP contribution in [0.4, 0.5) is 0 Å². The van der Waals surface area contributed by atoms with Crippen LogP contribution in [0.2, 0.25) is 0 Å². The molecule has 0 spiro atoms. The second kappa shape index (κ2) is 6.38. The largest absolute Gasteiger partial charge is 0.466 e. The van der Waals surface area contributed by atoms with E-state index in [1.54, 1.807) is 0 Å². The predicted molar refractivity (Wildman–Crippen MR) is 61.2 cm³/mol. The number of rotatable bonds is 7. The second-order valence-electron chi connectivity index (χ2n) is 4.43. The van der Waals surface area contributed by atoms with Crippen molar-refractivity contribution in [2.45, 2.75) is 51.6 Å². The third-order valence-corrected chi connectivity index (χ3v) is 4.29. The molecular weight excluding hydrogens is 231 g/mol. The smallest absolute Gasteiger partial charge is 0.331 e. The van der Waals surface area contributed by atoms with Gasteiger partial charge in [-0.15, -0.1) is 0 Å². The maximum Gasteiger partial charge on any atom is 0.331 e. The van der Waals surface area contributed by atoms with Crippen LogP contribution in [0.5, 0.6) is 0 Å². The molecular formula is C10H21O5P. The van der Waals surface area contributed by atoms with E-state index in [0.29, 0.717) is 6.61 Å². The second-order valence-corrected chi connectivity index (χ2v) is 6.73. The minimum absolute atomic E-state index is 0.0435. The Balaban J connectivity index is 3.96. The molecule has 0 rings (SSSR count).